The highest BCUT2D eigenvalue weighted by molar-refractivity contribution is 7.98. The van der Waals surface area contributed by atoms with Crippen molar-refractivity contribution in [2.75, 3.05) is 0 Å². The van der Waals surface area contributed by atoms with Gasteiger partial charge in [-0.1, -0.05) is 30.8 Å². The summed E-state index contributed by atoms with van der Waals surface area (Å²) in [6, 6.07) is 8.77. The Labute approximate surface area is 139 Å². The zero-order valence-corrected chi connectivity index (χ0v) is 14.3. The average Bonchev–Trinajstić information content (AvgIpc) is 2.52. The molecule has 0 aliphatic carbocycles. The fraction of sp³-hybridized carbons (Fsp3) is 0.353. The molecule has 1 aromatic carbocycles. The molecular formula is C17H20N2O3S. The highest BCUT2D eigenvalue weighted by Gasteiger charge is 2.09. The molecule has 0 unspecified atom stereocenters. The Morgan fingerprint density at radius 1 is 1.30 bits per heavy atom. The minimum atomic E-state index is -0.319. The maximum atomic E-state index is 11.8. The van der Waals surface area contributed by atoms with Crippen molar-refractivity contribution in [2.45, 2.75) is 44.2 Å². The Balaban J connectivity index is 2.00. The Bertz CT molecular complexity index is 723. The van der Waals surface area contributed by atoms with Gasteiger partial charge in [0, 0.05) is 17.5 Å². The van der Waals surface area contributed by atoms with Crippen molar-refractivity contribution in [2.24, 2.45) is 0 Å². The number of hydrogen-bond donors (Lipinski definition) is 1. The summed E-state index contributed by atoms with van der Waals surface area (Å²) in [5, 5.41) is 0.609. The van der Waals surface area contributed by atoms with E-state index >= 15 is 0 Å². The molecule has 1 aromatic heterocycles. The van der Waals surface area contributed by atoms with Crippen LogP contribution in [0.15, 0.2) is 40.3 Å². The number of H-pyrrole nitrogens is 1. The van der Waals surface area contributed by atoms with E-state index in [0.717, 1.165) is 17.7 Å². The molecule has 0 aliphatic heterocycles. The van der Waals surface area contributed by atoms with Gasteiger partial charge in [-0.2, -0.15) is 0 Å². The number of nitrogens with zero attached hydrogens (tertiary/aromatic N) is 1. The van der Waals surface area contributed by atoms with Crippen LogP contribution in [0.1, 0.15) is 42.4 Å². The molecule has 23 heavy (non-hydrogen) atoms. The van der Waals surface area contributed by atoms with Gasteiger partial charge in [0.2, 0.25) is 0 Å². The zero-order chi connectivity index (χ0) is 16.8. The van der Waals surface area contributed by atoms with Gasteiger partial charge < -0.3 is 9.72 Å². The second kappa shape index (κ2) is 7.97. The smallest absolute Gasteiger partial charge is 0.338 e. The fourth-order valence-corrected chi connectivity index (χ4v) is 2.75. The van der Waals surface area contributed by atoms with Crippen molar-refractivity contribution in [3.8, 4) is 0 Å². The second-order valence-electron chi connectivity index (χ2n) is 5.34. The number of ether oxygens (including phenoxy) is 1. The monoisotopic (exact) mass is 332 g/mol. The van der Waals surface area contributed by atoms with Gasteiger partial charge in [0.1, 0.15) is 0 Å². The minimum Gasteiger partial charge on any atom is -0.459 e. The van der Waals surface area contributed by atoms with Gasteiger partial charge in [-0.3, -0.25) is 4.79 Å². The molecule has 1 heterocycles. The molecule has 0 saturated carbocycles. The first-order valence-electron chi connectivity index (χ1n) is 7.51. The third-order valence-electron chi connectivity index (χ3n) is 3.04. The molecule has 0 amide bonds. The van der Waals surface area contributed by atoms with E-state index in [2.05, 4.69) is 9.97 Å². The van der Waals surface area contributed by atoms with Gasteiger partial charge in [0.05, 0.1) is 11.7 Å². The lowest BCUT2D eigenvalue weighted by Gasteiger charge is -2.08. The number of carbonyl (C=O) groups is 1. The first-order chi connectivity index (χ1) is 11.0. The average molecular weight is 332 g/mol. The van der Waals surface area contributed by atoms with Crippen molar-refractivity contribution < 1.29 is 9.53 Å². The highest BCUT2D eigenvalue weighted by Crippen LogP contribution is 2.19. The Morgan fingerprint density at radius 3 is 2.61 bits per heavy atom. The first-order valence-corrected chi connectivity index (χ1v) is 8.49. The Hall–Kier alpha value is -2.08. The number of rotatable bonds is 6. The van der Waals surface area contributed by atoms with Crippen LogP contribution in [0.5, 0.6) is 0 Å². The summed E-state index contributed by atoms with van der Waals surface area (Å²) in [6.45, 7) is 5.60. The van der Waals surface area contributed by atoms with E-state index in [0.29, 0.717) is 16.5 Å². The summed E-state index contributed by atoms with van der Waals surface area (Å²) in [5.74, 6) is 0.344. The predicted molar refractivity (Wildman–Crippen MR) is 90.8 cm³/mol. The van der Waals surface area contributed by atoms with E-state index in [1.807, 2.05) is 32.9 Å². The number of nitrogens with one attached hydrogen (secondary N) is 1. The molecule has 0 radical (unpaired) electrons. The van der Waals surface area contributed by atoms with Gasteiger partial charge >= 0.3 is 5.97 Å². The van der Waals surface area contributed by atoms with E-state index in [-0.39, 0.29) is 17.6 Å². The molecular weight excluding hydrogens is 312 g/mol. The van der Waals surface area contributed by atoms with E-state index in [1.165, 1.54) is 17.8 Å². The van der Waals surface area contributed by atoms with E-state index in [4.69, 9.17) is 4.74 Å². The molecule has 0 atom stereocenters. The number of aryl methyl sites for hydroxylation is 1. The number of hydrogen-bond acceptors (Lipinski definition) is 5. The molecule has 122 valence electrons. The van der Waals surface area contributed by atoms with Crippen LogP contribution >= 0.6 is 11.8 Å². The maximum absolute atomic E-state index is 11.8. The van der Waals surface area contributed by atoms with E-state index in [1.54, 1.807) is 12.1 Å². The third-order valence-corrected chi connectivity index (χ3v) is 3.99. The maximum Gasteiger partial charge on any atom is 0.338 e. The van der Waals surface area contributed by atoms with Crippen molar-refractivity contribution in [3.05, 3.63) is 57.5 Å². The molecule has 2 rings (SSSR count). The summed E-state index contributed by atoms with van der Waals surface area (Å²) in [7, 11) is 0. The van der Waals surface area contributed by atoms with Crippen molar-refractivity contribution in [3.63, 3.8) is 0 Å². The van der Waals surface area contributed by atoms with Crippen molar-refractivity contribution in [1.29, 1.82) is 0 Å². The van der Waals surface area contributed by atoms with Crippen LogP contribution in [0, 0.1) is 0 Å². The summed E-state index contributed by atoms with van der Waals surface area (Å²) in [5.41, 5.74) is 2.22. The minimum absolute atomic E-state index is 0.133. The molecule has 6 heteroatoms. The molecule has 0 saturated heterocycles. The third kappa shape index (κ3) is 5.25. The second-order valence-corrected chi connectivity index (χ2v) is 6.30. The topological polar surface area (TPSA) is 72.0 Å². The van der Waals surface area contributed by atoms with Crippen LogP contribution in [-0.2, 0) is 16.9 Å². The molecule has 2 aromatic rings. The largest absolute Gasteiger partial charge is 0.459 e. The van der Waals surface area contributed by atoms with Gasteiger partial charge in [-0.15, -0.1) is 0 Å². The van der Waals surface area contributed by atoms with E-state index < -0.39 is 0 Å². The van der Waals surface area contributed by atoms with Gasteiger partial charge in [-0.25, -0.2) is 9.78 Å². The number of esters is 1. The molecule has 0 fully saturated rings. The number of aromatic nitrogens is 2. The summed E-state index contributed by atoms with van der Waals surface area (Å²) >= 11 is 1.46. The van der Waals surface area contributed by atoms with Gasteiger partial charge in [-0.05, 0) is 38.0 Å². The number of thioether (sulfide) groups is 1. The molecule has 0 bridgehead atoms. The molecule has 5 nitrogen and oxygen atoms in total. The van der Waals surface area contributed by atoms with Crippen molar-refractivity contribution in [1.82, 2.24) is 9.97 Å². The quantitative estimate of drug-likeness (QED) is 0.500. The lowest BCUT2D eigenvalue weighted by atomic mass is 10.1. The van der Waals surface area contributed by atoms with Crippen LogP contribution in [0.2, 0.25) is 0 Å². The van der Waals surface area contributed by atoms with Crippen LogP contribution in [0.3, 0.4) is 0 Å². The molecule has 0 spiro atoms. The highest BCUT2D eigenvalue weighted by atomic mass is 32.2. The summed E-state index contributed by atoms with van der Waals surface area (Å²) in [6.07, 6.45) is 0.593. The van der Waals surface area contributed by atoms with E-state index in [9.17, 15) is 9.59 Å². The van der Waals surface area contributed by atoms with Crippen LogP contribution in [0.4, 0.5) is 0 Å². The predicted octanol–water partition coefficient (Wildman–Crippen LogP) is 3.19. The fourth-order valence-electron chi connectivity index (χ4n) is 1.90. The van der Waals surface area contributed by atoms with Crippen LogP contribution in [-0.4, -0.2) is 22.0 Å². The van der Waals surface area contributed by atoms with Crippen molar-refractivity contribution >= 4 is 17.7 Å². The van der Waals surface area contributed by atoms with Crippen LogP contribution in [0.25, 0.3) is 0 Å². The summed E-state index contributed by atoms with van der Waals surface area (Å²) < 4.78 is 5.15. The summed E-state index contributed by atoms with van der Waals surface area (Å²) in [4.78, 5) is 30.4. The standard InChI is InChI=1S/C17H20N2O3S/c1-4-14-9-15(20)19-17(18-14)23-10-12-5-7-13(8-6-12)16(21)22-11(2)3/h5-9,11H,4,10H2,1-3H3,(H,18,19,20). The lowest BCUT2D eigenvalue weighted by Crippen LogP contribution is -2.11. The van der Waals surface area contributed by atoms with Gasteiger partial charge in [0.25, 0.3) is 5.56 Å². The Morgan fingerprint density at radius 2 is 2.00 bits per heavy atom. The Kier molecular flexibility index (Phi) is 5.98. The SMILES string of the molecule is CCc1cc(=O)[nH]c(SCc2ccc(C(=O)OC(C)C)cc2)n1. The lowest BCUT2D eigenvalue weighted by molar-refractivity contribution is 0.0378. The number of benzene rings is 1. The molecule has 1 N–H and O–H groups in total. The van der Waals surface area contributed by atoms with Gasteiger partial charge in [0.15, 0.2) is 5.16 Å². The zero-order valence-electron chi connectivity index (χ0n) is 13.5. The molecule has 0 aliphatic rings. The number of carbonyl (C=O) groups excluding carboxylic acids is 1. The normalized spacial score (nSPS) is 10.8. The van der Waals surface area contributed by atoms with Crippen LogP contribution < -0.4 is 5.56 Å². The first kappa shape index (κ1) is 17.3. The number of aromatic amines is 1.